The van der Waals surface area contributed by atoms with Crippen LogP contribution >= 0.6 is 11.3 Å². The molecule has 0 N–H and O–H groups in total. The van der Waals surface area contributed by atoms with Gasteiger partial charge >= 0.3 is 0 Å². The Balaban J connectivity index is 1.48. The number of hydrogen-bond donors (Lipinski definition) is 0. The second-order valence-electron chi connectivity index (χ2n) is 8.36. The number of anilines is 1. The number of hydrogen-bond acceptors (Lipinski definition) is 7. The number of nitrogens with zero attached hydrogens (tertiary/aromatic N) is 3. The van der Waals surface area contributed by atoms with Gasteiger partial charge < -0.3 is 9.15 Å². The minimum absolute atomic E-state index is 0.152. The van der Waals surface area contributed by atoms with Gasteiger partial charge in [0.25, 0.3) is 5.91 Å². The van der Waals surface area contributed by atoms with E-state index in [0.29, 0.717) is 42.8 Å². The van der Waals surface area contributed by atoms with Gasteiger partial charge in [0, 0.05) is 18.7 Å². The van der Waals surface area contributed by atoms with Crippen LogP contribution in [0.1, 0.15) is 27.2 Å². The van der Waals surface area contributed by atoms with Crippen LogP contribution in [0.5, 0.6) is 0 Å². The summed E-state index contributed by atoms with van der Waals surface area (Å²) in [5.74, 6) is 0.335. The molecule has 0 unspecified atom stereocenters. The second-order valence-corrected chi connectivity index (χ2v) is 11.3. The van der Waals surface area contributed by atoms with E-state index in [-0.39, 0.29) is 17.3 Å². The molecule has 182 valence electrons. The Morgan fingerprint density at radius 2 is 1.83 bits per heavy atom. The molecule has 0 radical (unpaired) electrons. The van der Waals surface area contributed by atoms with Crippen LogP contribution in [0, 0.1) is 13.8 Å². The Kier molecular flexibility index (Phi) is 6.45. The Morgan fingerprint density at radius 1 is 1.09 bits per heavy atom. The topological polar surface area (TPSA) is 93.0 Å². The van der Waals surface area contributed by atoms with Crippen molar-refractivity contribution in [2.45, 2.75) is 25.3 Å². The first-order valence-corrected chi connectivity index (χ1v) is 13.5. The molecule has 0 saturated carbocycles. The Morgan fingerprint density at radius 3 is 2.51 bits per heavy atom. The van der Waals surface area contributed by atoms with E-state index >= 15 is 0 Å². The number of aromatic nitrogens is 1. The number of fused-ring (bicyclic) bond motifs is 1. The van der Waals surface area contributed by atoms with Crippen LogP contribution in [-0.2, 0) is 21.3 Å². The van der Waals surface area contributed by atoms with Crippen molar-refractivity contribution in [2.24, 2.45) is 0 Å². The zero-order valence-electron chi connectivity index (χ0n) is 19.4. The zero-order valence-corrected chi connectivity index (χ0v) is 21.1. The predicted molar refractivity (Wildman–Crippen MR) is 134 cm³/mol. The SMILES string of the molecule is Cc1ccc2sc(N(Cc3ccco3)C(=O)c3ccc(S(=O)(=O)N4CCOCC4)cc3)nc2c1C. The van der Waals surface area contributed by atoms with Gasteiger partial charge in [0.05, 0.1) is 41.1 Å². The molecule has 8 nitrogen and oxygen atoms in total. The maximum Gasteiger partial charge on any atom is 0.260 e. The van der Waals surface area contributed by atoms with Gasteiger partial charge in [-0.25, -0.2) is 13.4 Å². The van der Waals surface area contributed by atoms with Gasteiger partial charge in [-0.1, -0.05) is 17.4 Å². The van der Waals surface area contributed by atoms with Crippen molar-refractivity contribution >= 4 is 42.6 Å². The van der Waals surface area contributed by atoms with Crippen molar-refractivity contribution in [1.82, 2.24) is 9.29 Å². The lowest BCUT2D eigenvalue weighted by Crippen LogP contribution is -2.40. The first kappa shape index (κ1) is 23.7. The highest BCUT2D eigenvalue weighted by atomic mass is 32.2. The van der Waals surface area contributed by atoms with E-state index in [1.165, 1.54) is 27.8 Å². The van der Waals surface area contributed by atoms with Crippen molar-refractivity contribution in [2.75, 3.05) is 31.2 Å². The minimum Gasteiger partial charge on any atom is -0.467 e. The Hall–Kier alpha value is -3.05. The summed E-state index contributed by atoms with van der Waals surface area (Å²) in [7, 11) is -3.64. The van der Waals surface area contributed by atoms with Gasteiger partial charge in [0.1, 0.15) is 5.76 Å². The zero-order chi connectivity index (χ0) is 24.6. The standard InChI is InChI=1S/C25H25N3O5S2/c1-17-5-10-22-23(18(17)2)26-25(34-22)28(16-20-4-3-13-33-20)24(29)19-6-8-21(9-7-19)35(30,31)27-11-14-32-15-12-27/h3-10,13H,11-12,14-16H2,1-2H3. The highest BCUT2D eigenvalue weighted by Crippen LogP contribution is 2.33. The first-order chi connectivity index (χ1) is 16.8. The lowest BCUT2D eigenvalue weighted by Gasteiger charge is -2.26. The van der Waals surface area contributed by atoms with E-state index in [2.05, 4.69) is 0 Å². The number of morpholine rings is 1. The van der Waals surface area contributed by atoms with Gasteiger partial charge in [0.15, 0.2) is 5.13 Å². The number of amides is 1. The summed E-state index contributed by atoms with van der Waals surface area (Å²) in [5, 5.41) is 0.556. The van der Waals surface area contributed by atoms with Gasteiger partial charge in [-0.05, 0) is 67.4 Å². The van der Waals surface area contributed by atoms with Gasteiger partial charge in [-0.2, -0.15) is 4.31 Å². The molecule has 2 aromatic carbocycles. The number of sulfonamides is 1. The maximum absolute atomic E-state index is 13.6. The summed E-state index contributed by atoms with van der Waals surface area (Å²) in [6.45, 7) is 5.64. The summed E-state index contributed by atoms with van der Waals surface area (Å²) in [6, 6.07) is 13.7. The van der Waals surface area contributed by atoms with Crippen LogP contribution < -0.4 is 4.90 Å². The van der Waals surface area contributed by atoms with E-state index < -0.39 is 10.0 Å². The lowest BCUT2D eigenvalue weighted by molar-refractivity contribution is 0.0730. The van der Waals surface area contributed by atoms with Gasteiger partial charge in [0.2, 0.25) is 10.0 Å². The van der Waals surface area contributed by atoms with Crippen molar-refractivity contribution in [3.8, 4) is 0 Å². The van der Waals surface area contributed by atoms with Gasteiger partial charge in [-0.3, -0.25) is 9.69 Å². The third kappa shape index (κ3) is 4.62. The van der Waals surface area contributed by atoms with Crippen molar-refractivity contribution in [1.29, 1.82) is 0 Å². The molecule has 4 aromatic rings. The molecular formula is C25H25N3O5S2. The summed E-state index contributed by atoms with van der Waals surface area (Å²) >= 11 is 1.44. The van der Waals surface area contributed by atoms with E-state index in [4.69, 9.17) is 14.1 Å². The minimum atomic E-state index is -3.64. The molecule has 1 aliphatic rings. The molecule has 0 aliphatic carbocycles. The number of rotatable bonds is 6. The van der Waals surface area contributed by atoms with Crippen LogP contribution in [-0.4, -0.2) is 49.9 Å². The summed E-state index contributed by atoms with van der Waals surface area (Å²) in [4.78, 5) is 20.1. The molecule has 0 atom stereocenters. The Labute approximate surface area is 207 Å². The maximum atomic E-state index is 13.6. The molecule has 0 spiro atoms. The Bertz CT molecular complexity index is 1460. The van der Waals surface area contributed by atoms with E-state index in [1.54, 1.807) is 35.4 Å². The molecule has 1 amide bonds. The fourth-order valence-electron chi connectivity index (χ4n) is 3.98. The van der Waals surface area contributed by atoms with Crippen LogP contribution in [0.25, 0.3) is 10.2 Å². The monoisotopic (exact) mass is 511 g/mol. The number of ether oxygens (including phenoxy) is 1. The summed E-state index contributed by atoms with van der Waals surface area (Å²) in [5.41, 5.74) is 3.45. The van der Waals surface area contributed by atoms with Crippen LogP contribution in [0.4, 0.5) is 5.13 Å². The van der Waals surface area contributed by atoms with Crippen molar-refractivity contribution in [3.63, 3.8) is 0 Å². The quantitative estimate of drug-likeness (QED) is 0.382. The largest absolute Gasteiger partial charge is 0.467 e. The highest BCUT2D eigenvalue weighted by Gasteiger charge is 2.28. The van der Waals surface area contributed by atoms with Crippen molar-refractivity contribution in [3.05, 3.63) is 77.2 Å². The van der Waals surface area contributed by atoms with E-state index in [1.807, 2.05) is 26.0 Å². The first-order valence-electron chi connectivity index (χ1n) is 11.2. The third-order valence-electron chi connectivity index (χ3n) is 6.15. The van der Waals surface area contributed by atoms with Gasteiger partial charge in [-0.15, -0.1) is 0 Å². The second kappa shape index (κ2) is 9.54. The third-order valence-corrected chi connectivity index (χ3v) is 9.11. The molecule has 3 heterocycles. The molecule has 5 rings (SSSR count). The average molecular weight is 512 g/mol. The van der Waals surface area contributed by atoms with Crippen LogP contribution in [0.3, 0.4) is 0 Å². The lowest BCUT2D eigenvalue weighted by atomic mass is 10.1. The van der Waals surface area contributed by atoms with Crippen LogP contribution in [0.2, 0.25) is 0 Å². The molecule has 2 aromatic heterocycles. The highest BCUT2D eigenvalue weighted by molar-refractivity contribution is 7.89. The molecule has 1 fully saturated rings. The molecule has 1 aliphatic heterocycles. The normalized spacial score (nSPS) is 14.9. The number of aryl methyl sites for hydroxylation is 2. The number of thiazole rings is 1. The van der Waals surface area contributed by atoms with E-state index in [0.717, 1.165) is 21.3 Å². The molecule has 35 heavy (non-hydrogen) atoms. The summed E-state index contributed by atoms with van der Waals surface area (Å²) < 4.78 is 39.1. The molecule has 1 saturated heterocycles. The fraction of sp³-hybridized carbons (Fsp3) is 0.280. The van der Waals surface area contributed by atoms with Crippen LogP contribution in [0.15, 0.2) is 64.1 Å². The average Bonchev–Trinajstić information content (AvgIpc) is 3.55. The van der Waals surface area contributed by atoms with Crippen molar-refractivity contribution < 1.29 is 22.4 Å². The van der Waals surface area contributed by atoms with E-state index in [9.17, 15) is 13.2 Å². The molecule has 10 heteroatoms. The number of benzene rings is 2. The predicted octanol–water partition coefficient (Wildman–Crippen LogP) is 4.37. The summed E-state index contributed by atoms with van der Waals surface area (Å²) in [6.07, 6.45) is 1.56. The molecule has 0 bridgehead atoms. The number of furan rings is 1. The number of carbonyl (C=O) groups excluding carboxylic acids is 1. The smallest absolute Gasteiger partial charge is 0.260 e. The fourth-order valence-corrected chi connectivity index (χ4v) is 6.41. The number of carbonyl (C=O) groups is 1. The molecular weight excluding hydrogens is 486 g/mol.